The Bertz CT molecular complexity index is 425. The number of aliphatic carboxylic acids is 1. The van der Waals surface area contributed by atoms with Crippen LogP contribution in [-0.2, 0) is 14.4 Å². The summed E-state index contributed by atoms with van der Waals surface area (Å²) < 4.78 is 0. The van der Waals surface area contributed by atoms with Gasteiger partial charge in [0, 0.05) is 13.3 Å². The molecule has 0 saturated carbocycles. The Kier molecular flexibility index (Phi) is 4.87. The molecule has 0 amide bonds. The summed E-state index contributed by atoms with van der Waals surface area (Å²) in [4.78, 5) is 25.7. The first kappa shape index (κ1) is 12.9. The van der Waals surface area contributed by atoms with E-state index in [9.17, 15) is 9.59 Å². The zero-order chi connectivity index (χ0) is 12.7. The van der Waals surface area contributed by atoms with Crippen LogP contribution < -0.4 is 0 Å². The van der Waals surface area contributed by atoms with Crippen molar-refractivity contribution in [3.63, 3.8) is 0 Å². The van der Waals surface area contributed by atoms with E-state index in [4.69, 9.17) is 5.11 Å². The molecule has 1 aromatic carbocycles. The summed E-state index contributed by atoms with van der Waals surface area (Å²) in [5.74, 6) is -1.45. The van der Waals surface area contributed by atoms with Gasteiger partial charge < -0.3 is 9.94 Å². The smallest absolute Gasteiger partial charge is 0.331 e. The van der Waals surface area contributed by atoms with Crippen molar-refractivity contribution in [2.75, 3.05) is 0 Å². The zero-order valence-corrected chi connectivity index (χ0v) is 9.42. The normalized spacial score (nSPS) is 11.0. The minimum absolute atomic E-state index is 0.0605. The van der Waals surface area contributed by atoms with Crippen LogP contribution in [0.4, 0.5) is 0 Å². The third kappa shape index (κ3) is 4.92. The van der Waals surface area contributed by atoms with E-state index in [1.54, 1.807) is 24.3 Å². The average molecular weight is 235 g/mol. The number of carboxylic acid groups (broad SMARTS) is 1. The standard InChI is InChI=1S/C12H13NO4/c1-9(14)17-13-11(7-8-12(15)16)10-5-3-2-4-6-10/h2-6H,7-8H2,1H3,(H,15,16)/b13-11+. The summed E-state index contributed by atoms with van der Waals surface area (Å²) in [6.07, 6.45) is 0.154. The van der Waals surface area contributed by atoms with Crippen molar-refractivity contribution in [3.8, 4) is 0 Å². The molecule has 0 aliphatic heterocycles. The molecule has 0 aliphatic rings. The quantitative estimate of drug-likeness (QED) is 0.479. The second-order valence-corrected chi connectivity index (χ2v) is 3.38. The van der Waals surface area contributed by atoms with E-state index in [0.29, 0.717) is 5.71 Å². The number of benzene rings is 1. The van der Waals surface area contributed by atoms with Gasteiger partial charge in [0.2, 0.25) is 0 Å². The molecule has 90 valence electrons. The van der Waals surface area contributed by atoms with Gasteiger partial charge in [0.05, 0.1) is 12.1 Å². The van der Waals surface area contributed by atoms with Gasteiger partial charge in [-0.2, -0.15) is 0 Å². The van der Waals surface area contributed by atoms with Crippen LogP contribution in [0.15, 0.2) is 35.5 Å². The molecule has 17 heavy (non-hydrogen) atoms. The Balaban J connectivity index is 2.82. The highest BCUT2D eigenvalue weighted by Crippen LogP contribution is 2.07. The van der Waals surface area contributed by atoms with Crippen molar-refractivity contribution >= 4 is 17.7 Å². The Labute approximate surface area is 98.7 Å². The van der Waals surface area contributed by atoms with Crippen molar-refractivity contribution in [1.82, 2.24) is 0 Å². The molecule has 5 nitrogen and oxygen atoms in total. The monoisotopic (exact) mass is 235 g/mol. The van der Waals surface area contributed by atoms with E-state index in [0.717, 1.165) is 5.56 Å². The molecular weight excluding hydrogens is 222 g/mol. The fourth-order valence-corrected chi connectivity index (χ4v) is 1.22. The lowest BCUT2D eigenvalue weighted by Crippen LogP contribution is -2.07. The van der Waals surface area contributed by atoms with Crippen molar-refractivity contribution in [2.24, 2.45) is 5.16 Å². The van der Waals surface area contributed by atoms with Crippen LogP contribution in [-0.4, -0.2) is 22.8 Å². The van der Waals surface area contributed by atoms with Gasteiger partial charge in [-0.3, -0.25) is 4.79 Å². The Morgan fingerprint density at radius 2 is 1.88 bits per heavy atom. The van der Waals surface area contributed by atoms with Crippen LogP contribution in [0.25, 0.3) is 0 Å². The average Bonchev–Trinajstić information content (AvgIpc) is 2.29. The Morgan fingerprint density at radius 1 is 1.24 bits per heavy atom. The maximum absolute atomic E-state index is 10.7. The fraction of sp³-hybridized carbons (Fsp3) is 0.250. The first-order valence-corrected chi connectivity index (χ1v) is 5.11. The van der Waals surface area contributed by atoms with Crippen molar-refractivity contribution in [1.29, 1.82) is 0 Å². The van der Waals surface area contributed by atoms with Gasteiger partial charge in [0.15, 0.2) is 0 Å². The van der Waals surface area contributed by atoms with Crippen LogP contribution in [0.1, 0.15) is 25.3 Å². The molecule has 1 aromatic rings. The predicted octanol–water partition coefficient (Wildman–Crippen LogP) is 1.82. The number of hydrogen-bond donors (Lipinski definition) is 1. The van der Waals surface area contributed by atoms with Crippen molar-refractivity contribution in [2.45, 2.75) is 19.8 Å². The lowest BCUT2D eigenvalue weighted by Gasteiger charge is -2.04. The van der Waals surface area contributed by atoms with Gasteiger partial charge in [-0.15, -0.1) is 0 Å². The molecule has 1 N–H and O–H groups in total. The first-order valence-electron chi connectivity index (χ1n) is 5.11. The highest BCUT2D eigenvalue weighted by molar-refractivity contribution is 6.01. The molecule has 1 rings (SSSR count). The lowest BCUT2D eigenvalue weighted by molar-refractivity contribution is -0.141. The van der Waals surface area contributed by atoms with Gasteiger partial charge in [0.25, 0.3) is 0 Å². The summed E-state index contributed by atoms with van der Waals surface area (Å²) >= 11 is 0. The molecule has 0 fully saturated rings. The first-order chi connectivity index (χ1) is 8.09. The molecule has 0 saturated heterocycles. The van der Waals surface area contributed by atoms with Gasteiger partial charge in [0.1, 0.15) is 0 Å². The third-order valence-corrected chi connectivity index (χ3v) is 1.97. The largest absolute Gasteiger partial charge is 0.481 e. The van der Waals surface area contributed by atoms with Gasteiger partial charge in [-0.1, -0.05) is 35.5 Å². The van der Waals surface area contributed by atoms with Gasteiger partial charge >= 0.3 is 11.9 Å². The molecule has 0 spiro atoms. The minimum Gasteiger partial charge on any atom is -0.481 e. The highest BCUT2D eigenvalue weighted by Gasteiger charge is 2.07. The number of carboxylic acids is 1. The second kappa shape index (κ2) is 6.42. The zero-order valence-electron chi connectivity index (χ0n) is 9.42. The number of nitrogens with zero attached hydrogens (tertiary/aromatic N) is 1. The highest BCUT2D eigenvalue weighted by atomic mass is 16.7. The number of rotatable bonds is 5. The van der Waals surface area contributed by atoms with Crippen LogP contribution >= 0.6 is 0 Å². The molecule has 0 aromatic heterocycles. The number of hydrogen-bond acceptors (Lipinski definition) is 4. The summed E-state index contributed by atoms with van der Waals surface area (Å²) in [7, 11) is 0. The van der Waals surface area contributed by atoms with E-state index in [1.807, 2.05) is 6.07 Å². The van der Waals surface area contributed by atoms with Crippen molar-refractivity contribution in [3.05, 3.63) is 35.9 Å². The molecule has 0 atom stereocenters. The molecule has 5 heteroatoms. The Morgan fingerprint density at radius 3 is 2.41 bits per heavy atom. The van der Waals surface area contributed by atoms with E-state index in [-0.39, 0.29) is 12.8 Å². The van der Waals surface area contributed by atoms with E-state index >= 15 is 0 Å². The SMILES string of the molecule is CC(=O)O/N=C(\CCC(=O)O)c1ccccc1. The van der Waals surface area contributed by atoms with E-state index in [1.165, 1.54) is 6.92 Å². The van der Waals surface area contributed by atoms with E-state index in [2.05, 4.69) is 9.99 Å². The number of oxime groups is 1. The van der Waals surface area contributed by atoms with Gasteiger partial charge in [-0.05, 0) is 5.56 Å². The lowest BCUT2D eigenvalue weighted by atomic mass is 10.1. The maximum Gasteiger partial charge on any atom is 0.331 e. The molecule has 0 heterocycles. The second-order valence-electron chi connectivity index (χ2n) is 3.38. The Hall–Kier alpha value is -2.17. The van der Waals surface area contributed by atoms with Crippen LogP contribution in [0, 0.1) is 0 Å². The maximum atomic E-state index is 10.7. The van der Waals surface area contributed by atoms with Crippen molar-refractivity contribution < 1.29 is 19.5 Å². The summed E-state index contributed by atoms with van der Waals surface area (Å²) in [5.41, 5.74) is 1.19. The molecule has 0 unspecified atom stereocenters. The fourth-order valence-electron chi connectivity index (χ4n) is 1.22. The number of carbonyl (C=O) groups is 2. The molecule has 0 aliphatic carbocycles. The van der Waals surface area contributed by atoms with E-state index < -0.39 is 11.9 Å². The third-order valence-electron chi connectivity index (χ3n) is 1.97. The number of carbonyl (C=O) groups excluding carboxylic acids is 1. The molecular formula is C12H13NO4. The summed E-state index contributed by atoms with van der Waals surface area (Å²) in [5, 5.41) is 12.3. The molecule has 0 radical (unpaired) electrons. The van der Waals surface area contributed by atoms with Crippen LogP contribution in [0.3, 0.4) is 0 Å². The summed E-state index contributed by atoms with van der Waals surface area (Å²) in [6.45, 7) is 1.24. The predicted molar refractivity (Wildman–Crippen MR) is 61.6 cm³/mol. The van der Waals surface area contributed by atoms with Crippen LogP contribution in [0.5, 0.6) is 0 Å². The topological polar surface area (TPSA) is 76.0 Å². The molecule has 0 bridgehead atoms. The van der Waals surface area contributed by atoms with Gasteiger partial charge in [-0.25, -0.2) is 4.79 Å². The summed E-state index contributed by atoms with van der Waals surface area (Å²) in [6, 6.07) is 9.01. The van der Waals surface area contributed by atoms with Crippen LogP contribution in [0.2, 0.25) is 0 Å². The minimum atomic E-state index is -0.920.